The van der Waals surface area contributed by atoms with Crippen molar-refractivity contribution < 1.29 is 0 Å². The summed E-state index contributed by atoms with van der Waals surface area (Å²) in [5, 5.41) is 0. The van der Waals surface area contributed by atoms with Crippen molar-refractivity contribution in [3.05, 3.63) is 34.3 Å². The molecule has 0 saturated carbocycles. The zero-order chi connectivity index (χ0) is 16.0. The zero-order valence-corrected chi connectivity index (χ0v) is 15.8. The highest BCUT2D eigenvalue weighted by atomic mass is 79.9. The molecule has 120 valence electrons. The van der Waals surface area contributed by atoms with Gasteiger partial charge in [0.25, 0.3) is 0 Å². The standard InChI is InChI=1S/C18H31BrN2/c1-14(2)10-18(13-20,11-15(3)4)21(5)12-16-7-6-8-17(19)9-16/h6-9,14-15H,10-13,20H2,1-5H3. The molecule has 3 heteroatoms. The monoisotopic (exact) mass is 354 g/mol. The molecule has 0 fully saturated rings. The fourth-order valence-electron chi connectivity index (χ4n) is 3.31. The summed E-state index contributed by atoms with van der Waals surface area (Å²) in [6, 6.07) is 8.56. The minimum atomic E-state index is 0.0879. The third-order valence-electron chi connectivity index (χ3n) is 4.07. The Balaban J connectivity index is 2.95. The van der Waals surface area contributed by atoms with Crippen LogP contribution in [0.1, 0.15) is 46.1 Å². The highest BCUT2D eigenvalue weighted by Crippen LogP contribution is 2.31. The van der Waals surface area contributed by atoms with Crippen LogP contribution in [0.3, 0.4) is 0 Å². The second-order valence-corrected chi connectivity index (χ2v) is 8.03. The number of likely N-dealkylation sites (N-methyl/N-ethyl adjacent to an activating group) is 1. The highest BCUT2D eigenvalue weighted by Gasteiger charge is 2.34. The number of nitrogens with two attached hydrogens (primary N) is 1. The third-order valence-corrected chi connectivity index (χ3v) is 4.57. The predicted octanol–water partition coefficient (Wildman–Crippen LogP) is 4.67. The highest BCUT2D eigenvalue weighted by molar-refractivity contribution is 9.10. The van der Waals surface area contributed by atoms with E-state index in [0.29, 0.717) is 18.4 Å². The Kier molecular flexibility index (Phi) is 7.38. The molecule has 0 saturated heterocycles. The van der Waals surface area contributed by atoms with Crippen molar-refractivity contribution in [2.45, 2.75) is 52.6 Å². The molecule has 0 bridgehead atoms. The molecule has 0 aliphatic carbocycles. The van der Waals surface area contributed by atoms with E-state index in [-0.39, 0.29) is 5.54 Å². The van der Waals surface area contributed by atoms with Crippen molar-refractivity contribution in [1.82, 2.24) is 4.90 Å². The predicted molar refractivity (Wildman–Crippen MR) is 96.3 cm³/mol. The molecule has 0 heterocycles. The Bertz CT molecular complexity index is 419. The van der Waals surface area contributed by atoms with Gasteiger partial charge in [-0.3, -0.25) is 4.90 Å². The lowest BCUT2D eigenvalue weighted by Gasteiger charge is -2.44. The van der Waals surface area contributed by atoms with Crippen LogP contribution in [0.2, 0.25) is 0 Å². The average Bonchev–Trinajstić information content (AvgIpc) is 2.36. The molecule has 0 radical (unpaired) electrons. The number of benzene rings is 1. The Morgan fingerprint density at radius 2 is 1.71 bits per heavy atom. The molecule has 1 aromatic rings. The normalized spacial score (nSPS) is 12.7. The fourth-order valence-corrected chi connectivity index (χ4v) is 3.76. The SMILES string of the molecule is CC(C)CC(CN)(CC(C)C)N(C)Cc1cccc(Br)c1. The molecule has 0 atom stereocenters. The quantitative estimate of drug-likeness (QED) is 0.734. The Morgan fingerprint density at radius 1 is 1.14 bits per heavy atom. The van der Waals surface area contributed by atoms with Crippen molar-refractivity contribution in [2.24, 2.45) is 17.6 Å². The minimum Gasteiger partial charge on any atom is -0.329 e. The first-order valence-corrected chi connectivity index (χ1v) is 8.74. The third kappa shape index (κ3) is 5.72. The summed E-state index contributed by atoms with van der Waals surface area (Å²) in [6.45, 7) is 10.8. The number of hydrogen-bond donors (Lipinski definition) is 1. The van der Waals surface area contributed by atoms with Crippen LogP contribution in [0.4, 0.5) is 0 Å². The Labute approximate surface area is 139 Å². The van der Waals surface area contributed by atoms with Crippen LogP contribution in [-0.2, 0) is 6.54 Å². The molecule has 2 N–H and O–H groups in total. The van der Waals surface area contributed by atoms with Gasteiger partial charge < -0.3 is 5.73 Å². The van der Waals surface area contributed by atoms with Crippen LogP contribution in [0.25, 0.3) is 0 Å². The van der Waals surface area contributed by atoms with Gasteiger partial charge >= 0.3 is 0 Å². The smallest absolute Gasteiger partial charge is 0.0337 e. The lowest BCUT2D eigenvalue weighted by Crippen LogP contribution is -2.53. The Hall–Kier alpha value is -0.380. The second kappa shape index (κ2) is 8.30. The van der Waals surface area contributed by atoms with E-state index in [1.165, 1.54) is 5.56 Å². The zero-order valence-electron chi connectivity index (χ0n) is 14.2. The van der Waals surface area contributed by atoms with Crippen molar-refractivity contribution in [1.29, 1.82) is 0 Å². The first kappa shape index (κ1) is 18.7. The van der Waals surface area contributed by atoms with Gasteiger partial charge in [-0.15, -0.1) is 0 Å². The summed E-state index contributed by atoms with van der Waals surface area (Å²) in [5.41, 5.74) is 7.66. The van der Waals surface area contributed by atoms with Crippen LogP contribution in [0.5, 0.6) is 0 Å². The first-order chi connectivity index (χ1) is 9.79. The molecule has 0 amide bonds. The molecule has 0 spiro atoms. The molecule has 1 rings (SSSR count). The van der Waals surface area contributed by atoms with Gasteiger partial charge in [-0.2, -0.15) is 0 Å². The minimum absolute atomic E-state index is 0.0879. The summed E-state index contributed by atoms with van der Waals surface area (Å²) in [7, 11) is 2.22. The molecule has 0 aromatic heterocycles. The van der Waals surface area contributed by atoms with Crippen LogP contribution in [-0.4, -0.2) is 24.0 Å². The largest absolute Gasteiger partial charge is 0.329 e. The van der Waals surface area contributed by atoms with Gasteiger partial charge in [-0.05, 0) is 49.4 Å². The number of halogens is 1. The number of hydrogen-bond acceptors (Lipinski definition) is 2. The van der Waals surface area contributed by atoms with E-state index < -0.39 is 0 Å². The molecule has 0 aliphatic heterocycles. The molecule has 0 unspecified atom stereocenters. The van der Waals surface area contributed by atoms with E-state index in [1.807, 2.05) is 0 Å². The maximum atomic E-state index is 6.24. The van der Waals surface area contributed by atoms with Crippen LogP contribution in [0.15, 0.2) is 28.7 Å². The molecule has 1 aromatic carbocycles. The molecular weight excluding hydrogens is 324 g/mol. The van der Waals surface area contributed by atoms with E-state index >= 15 is 0 Å². The first-order valence-electron chi connectivity index (χ1n) is 7.95. The van der Waals surface area contributed by atoms with Gasteiger partial charge in [-0.25, -0.2) is 0 Å². The van der Waals surface area contributed by atoms with E-state index in [2.05, 4.69) is 79.8 Å². The van der Waals surface area contributed by atoms with E-state index in [9.17, 15) is 0 Å². The van der Waals surface area contributed by atoms with E-state index in [1.54, 1.807) is 0 Å². The summed E-state index contributed by atoms with van der Waals surface area (Å²) in [4.78, 5) is 2.47. The summed E-state index contributed by atoms with van der Waals surface area (Å²) < 4.78 is 1.14. The van der Waals surface area contributed by atoms with Crippen molar-refractivity contribution in [2.75, 3.05) is 13.6 Å². The van der Waals surface area contributed by atoms with Crippen molar-refractivity contribution in [3.63, 3.8) is 0 Å². The molecular formula is C18H31BrN2. The summed E-state index contributed by atoms with van der Waals surface area (Å²) in [5.74, 6) is 1.30. The van der Waals surface area contributed by atoms with Gasteiger partial charge in [0.2, 0.25) is 0 Å². The van der Waals surface area contributed by atoms with E-state index in [4.69, 9.17) is 5.73 Å². The maximum absolute atomic E-state index is 6.24. The maximum Gasteiger partial charge on any atom is 0.0337 e. The molecule has 0 aliphatic rings. The molecule has 21 heavy (non-hydrogen) atoms. The fraction of sp³-hybridized carbons (Fsp3) is 0.667. The van der Waals surface area contributed by atoms with Gasteiger partial charge in [-0.1, -0.05) is 55.8 Å². The van der Waals surface area contributed by atoms with Gasteiger partial charge in [0.15, 0.2) is 0 Å². The average molecular weight is 355 g/mol. The lowest BCUT2D eigenvalue weighted by molar-refractivity contribution is 0.0713. The van der Waals surface area contributed by atoms with Gasteiger partial charge in [0.05, 0.1) is 0 Å². The van der Waals surface area contributed by atoms with Crippen LogP contribution < -0.4 is 5.73 Å². The van der Waals surface area contributed by atoms with Crippen LogP contribution >= 0.6 is 15.9 Å². The van der Waals surface area contributed by atoms with Gasteiger partial charge in [0.1, 0.15) is 0 Å². The van der Waals surface area contributed by atoms with Crippen molar-refractivity contribution >= 4 is 15.9 Å². The summed E-state index contributed by atoms with van der Waals surface area (Å²) in [6.07, 6.45) is 2.29. The number of rotatable bonds is 8. The van der Waals surface area contributed by atoms with E-state index in [0.717, 1.165) is 23.9 Å². The number of nitrogens with zero attached hydrogens (tertiary/aromatic N) is 1. The topological polar surface area (TPSA) is 29.3 Å². The van der Waals surface area contributed by atoms with Crippen molar-refractivity contribution in [3.8, 4) is 0 Å². The molecule has 2 nitrogen and oxygen atoms in total. The van der Waals surface area contributed by atoms with Crippen LogP contribution in [0, 0.1) is 11.8 Å². The lowest BCUT2D eigenvalue weighted by atomic mass is 9.80. The van der Waals surface area contributed by atoms with Gasteiger partial charge in [0, 0.05) is 23.1 Å². The second-order valence-electron chi connectivity index (χ2n) is 7.11. The summed E-state index contributed by atoms with van der Waals surface area (Å²) >= 11 is 3.56. The Morgan fingerprint density at radius 3 is 2.14 bits per heavy atom.